The summed E-state index contributed by atoms with van der Waals surface area (Å²) < 4.78 is 34.3. The van der Waals surface area contributed by atoms with Crippen molar-refractivity contribution in [2.45, 2.75) is 349 Å². The molecule has 3 aliphatic rings. The van der Waals surface area contributed by atoms with E-state index >= 15 is 0 Å². The molecule has 0 bridgehead atoms. The molecule has 19 heteroatoms. The highest BCUT2D eigenvalue weighted by Gasteiger charge is 2.53. The molecule has 3 aliphatic heterocycles. The number of amides is 1. The second kappa shape index (κ2) is 53.4. The first-order valence-corrected chi connectivity index (χ1v) is 35.7. The van der Waals surface area contributed by atoms with E-state index in [1.165, 1.54) is 128 Å². The number of carbonyl (C=O) groups excluding carboxylic acids is 1. The zero-order valence-electron chi connectivity index (χ0n) is 55.8. The summed E-state index contributed by atoms with van der Waals surface area (Å²) in [6, 6.07) is -1.00. The molecule has 17 atom stereocenters. The molecule has 3 rings (SSSR count). The molecule has 19 nitrogen and oxygen atoms in total. The van der Waals surface area contributed by atoms with Crippen LogP contribution in [-0.2, 0) is 33.2 Å². The van der Waals surface area contributed by atoms with Gasteiger partial charge in [-0.15, -0.1) is 0 Å². The van der Waals surface area contributed by atoms with Crippen molar-refractivity contribution in [1.29, 1.82) is 0 Å². The normalized spacial score (nSPS) is 28.3. The van der Waals surface area contributed by atoms with E-state index in [1.54, 1.807) is 6.08 Å². The average molecular weight is 1290 g/mol. The fraction of sp³-hybridized carbons (Fsp3) is 0.819. The largest absolute Gasteiger partial charge is 0.394 e. The summed E-state index contributed by atoms with van der Waals surface area (Å²) in [6.45, 7) is 1.60. The lowest BCUT2D eigenvalue weighted by molar-refractivity contribution is -0.379. The third-order valence-electron chi connectivity index (χ3n) is 17.5. The van der Waals surface area contributed by atoms with Crippen LogP contribution in [0.2, 0.25) is 0 Å². The SMILES string of the molecule is CC/C=C\C/C=C\C/C=C\C/C=C\CCCCCCCCC(=O)NC(COC1OC(CO)C(OC2OC(CO)C(OC3OC(CO)C(O)C(O)C3O)C(O)C2O)C(O)C1O)C(O)/C=C/CC/C=C/CCCCCCCCCCCCCCCCCCCCCCC. The molecule has 3 fully saturated rings. The lowest BCUT2D eigenvalue weighted by Crippen LogP contribution is -2.66. The van der Waals surface area contributed by atoms with Crippen molar-refractivity contribution in [2.24, 2.45) is 0 Å². The number of hydrogen-bond acceptors (Lipinski definition) is 18. The molecule has 0 spiro atoms. The minimum absolute atomic E-state index is 0.216. The molecule has 3 saturated heterocycles. The van der Waals surface area contributed by atoms with E-state index in [9.17, 15) is 61.0 Å². The fourth-order valence-electron chi connectivity index (χ4n) is 11.7. The maximum Gasteiger partial charge on any atom is 0.220 e. The second-order valence-electron chi connectivity index (χ2n) is 25.3. The number of carbonyl (C=O) groups is 1. The fourth-order valence-corrected chi connectivity index (χ4v) is 11.7. The Morgan fingerprint density at radius 3 is 1.23 bits per heavy atom. The van der Waals surface area contributed by atoms with Crippen LogP contribution in [0.1, 0.15) is 245 Å². The first-order valence-electron chi connectivity index (χ1n) is 35.7. The van der Waals surface area contributed by atoms with E-state index in [4.69, 9.17) is 28.4 Å². The molecule has 0 aliphatic carbocycles. The Bertz CT molecular complexity index is 1930. The van der Waals surface area contributed by atoms with E-state index < -0.39 is 124 Å². The van der Waals surface area contributed by atoms with Gasteiger partial charge in [-0.25, -0.2) is 0 Å². The number of nitrogens with one attached hydrogen (secondary N) is 1. The zero-order valence-corrected chi connectivity index (χ0v) is 55.8. The van der Waals surface area contributed by atoms with Gasteiger partial charge in [0.05, 0.1) is 38.6 Å². The molecular weight excluding hydrogens is 1170 g/mol. The lowest BCUT2D eigenvalue weighted by atomic mass is 9.96. The number of aliphatic hydroxyl groups excluding tert-OH is 11. The van der Waals surface area contributed by atoms with Crippen molar-refractivity contribution < 1.29 is 89.4 Å². The molecule has 12 N–H and O–H groups in total. The number of allylic oxidation sites excluding steroid dienone is 11. The van der Waals surface area contributed by atoms with Crippen LogP contribution in [0, 0.1) is 0 Å². The first kappa shape index (κ1) is 82.5. The van der Waals surface area contributed by atoms with Gasteiger partial charge in [-0.1, -0.05) is 241 Å². The van der Waals surface area contributed by atoms with Gasteiger partial charge in [0.1, 0.15) is 73.2 Å². The minimum atomic E-state index is -1.99. The van der Waals surface area contributed by atoms with Gasteiger partial charge in [-0.2, -0.15) is 0 Å². The second-order valence-corrected chi connectivity index (χ2v) is 25.3. The molecule has 0 radical (unpaired) electrons. The van der Waals surface area contributed by atoms with Gasteiger partial charge < -0.3 is 89.9 Å². The topological polar surface area (TPSA) is 307 Å². The molecule has 0 aromatic heterocycles. The summed E-state index contributed by atoms with van der Waals surface area (Å²) >= 11 is 0. The van der Waals surface area contributed by atoms with Crippen LogP contribution in [0.5, 0.6) is 0 Å². The Hall–Kier alpha value is -2.77. The highest BCUT2D eigenvalue weighted by atomic mass is 16.8. The monoisotopic (exact) mass is 1290 g/mol. The molecule has 528 valence electrons. The number of hydrogen-bond donors (Lipinski definition) is 12. The summed E-state index contributed by atoms with van der Waals surface area (Å²) in [6.07, 6.45) is 40.3. The standard InChI is InChI=1S/C72H127NO18/c1-3-5-7-9-11-13-15-17-19-21-23-24-25-26-27-28-29-30-32-33-35-37-39-41-43-45-47-49-56(77)55(73-60(78)50-48-46-44-42-40-38-36-34-31-22-20-18-16-14-12-10-8-6-4-2)54-86-70-66(84)63(81)68(58(52-75)88-70)91-72-67(85)64(82)69(59(53-76)89-72)90-71-65(83)62(80)61(79)57(51-74)87-71/h6,8,12,14,18,20,31,34,39,41,47,49,55-59,61-72,74-77,79-85H,3-5,7,9-11,13,15-17,19,21-30,32-33,35-38,40,42-46,48,50-54H2,1-2H3,(H,73,78)/b8-6-,14-12-,20-18-,34-31-,41-39+,49-47+. The first-order chi connectivity index (χ1) is 44.3. The number of aliphatic hydroxyl groups is 11. The Morgan fingerprint density at radius 1 is 0.407 bits per heavy atom. The van der Waals surface area contributed by atoms with Crippen LogP contribution in [0.25, 0.3) is 0 Å². The molecule has 0 saturated carbocycles. The van der Waals surface area contributed by atoms with Gasteiger partial charge in [-0.3, -0.25) is 4.79 Å². The van der Waals surface area contributed by atoms with E-state index in [-0.39, 0.29) is 18.9 Å². The summed E-state index contributed by atoms with van der Waals surface area (Å²) in [4.78, 5) is 13.4. The highest BCUT2D eigenvalue weighted by molar-refractivity contribution is 5.76. The van der Waals surface area contributed by atoms with E-state index in [2.05, 4.69) is 79.9 Å². The zero-order chi connectivity index (χ0) is 66.1. The van der Waals surface area contributed by atoms with Crippen molar-refractivity contribution in [3.8, 4) is 0 Å². The van der Waals surface area contributed by atoms with E-state index in [1.807, 2.05) is 6.08 Å². The van der Waals surface area contributed by atoms with Crippen LogP contribution in [0.15, 0.2) is 72.9 Å². The van der Waals surface area contributed by atoms with Crippen LogP contribution >= 0.6 is 0 Å². The molecule has 3 heterocycles. The smallest absolute Gasteiger partial charge is 0.220 e. The van der Waals surface area contributed by atoms with Gasteiger partial charge in [0.2, 0.25) is 5.91 Å². The summed E-state index contributed by atoms with van der Waals surface area (Å²) in [5, 5.41) is 121. The molecule has 91 heavy (non-hydrogen) atoms. The molecule has 0 aromatic rings. The van der Waals surface area contributed by atoms with Crippen molar-refractivity contribution in [3.05, 3.63) is 72.9 Å². The number of unbranched alkanes of at least 4 members (excludes halogenated alkanes) is 28. The molecular formula is C72H127NO18. The molecule has 0 aromatic carbocycles. The van der Waals surface area contributed by atoms with Crippen molar-refractivity contribution in [3.63, 3.8) is 0 Å². The van der Waals surface area contributed by atoms with Crippen molar-refractivity contribution >= 4 is 5.91 Å². The number of rotatable bonds is 54. The van der Waals surface area contributed by atoms with Gasteiger partial charge in [0, 0.05) is 6.42 Å². The molecule has 1 amide bonds. The quantitative estimate of drug-likeness (QED) is 0.0199. The van der Waals surface area contributed by atoms with Crippen LogP contribution in [0.4, 0.5) is 0 Å². The summed E-state index contributed by atoms with van der Waals surface area (Å²) in [7, 11) is 0. The predicted octanol–water partition coefficient (Wildman–Crippen LogP) is 9.72. The van der Waals surface area contributed by atoms with Crippen LogP contribution in [-0.4, -0.2) is 193 Å². The third kappa shape index (κ3) is 35.2. The van der Waals surface area contributed by atoms with Crippen LogP contribution < -0.4 is 5.32 Å². The minimum Gasteiger partial charge on any atom is -0.394 e. The summed E-state index contributed by atoms with van der Waals surface area (Å²) in [5.41, 5.74) is 0. The van der Waals surface area contributed by atoms with Gasteiger partial charge in [-0.05, 0) is 70.6 Å². The maximum absolute atomic E-state index is 13.4. The predicted molar refractivity (Wildman–Crippen MR) is 355 cm³/mol. The van der Waals surface area contributed by atoms with Crippen molar-refractivity contribution in [2.75, 3.05) is 26.4 Å². The maximum atomic E-state index is 13.4. The number of ether oxygens (including phenoxy) is 6. The van der Waals surface area contributed by atoms with Gasteiger partial charge in [0.25, 0.3) is 0 Å². The van der Waals surface area contributed by atoms with Crippen LogP contribution in [0.3, 0.4) is 0 Å². The van der Waals surface area contributed by atoms with E-state index in [0.29, 0.717) is 12.8 Å². The van der Waals surface area contributed by atoms with E-state index in [0.717, 1.165) is 83.5 Å². The van der Waals surface area contributed by atoms with Crippen molar-refractivity contribution in [1.82, 2.24) is 5.32 Å². The Kier molecular flexibility index (Phi) is 48.4. The lowest BCUT2D eigenvalue weighted by Gasteiger charge is -2.48. The average Bonchev–Trinajstić information content (AvgIpc) is 0.886. The Labute approximate surface area is 547 Å². The third-order valence-corrected chi connectivity index (χ3v) is 17.5. The Balaban J connectivity index is 1.44. The highest BCUT2D eigenvalue weighted by Crippen LogP contribution is 2.33. The van der Waals surface area contributed by atoms with Gasteiger partial charge in [0.15, 0.2) is 18.9 Å². The summed E-state index contributed by atoms with van der Waals surface area (Å²) in [5.74, 6) is -0.300. The Morgan fingerprint density at radius 2 is 0.769 bits per heavy atom. The molecule has 17 unspecified atom stereocenters. The van der Waals surface area contributed by atoms with Gasteiger partial charge >= 0.3 is 0 Å².